The molecule has 0 saturated heterocycles. The van der Waals surface area contributed by atoms with Gasteiger partial charge in [-0.05, 0) is 19.3 Å². The number of rotatable bonds is 6. The van der Waals surface area contributed by atoms with Crippen LogP contribution in [0.5, 0.6) is 0 Å². The van der Waals surface area contributed by atoms with Crippen LogP contribution in [-0.2, 0) is 9.59 Å². The molecule has 0 bridgehead atoms. The van der Waals surface area contributed by atoms with E-state index in [-0.39, 0.29) is 19.4 Å². The van der Waals surface area contributed by atoms with Gasteiger partial charge in [0.15, 0.2) is 0 Å². The van der Waals surface area contributed by atoms with Gasteiger partial charge in [-0.2, -0.15) is 13.2 Å². The molecule has 0 aromatic rings. The summed E-state index contributed by atoms with van der Waals surface area (Å²) in [6.07, 6.45) is -3.81. The Labute approximate surface area is 103 Å². The summed E-state index contributed by atoms with van der Waals surface area (Å²) in [5, 5.41) is 11.3. The molecule has 2 N–H and O–H groups in total. The van der Waals surface area contributed by atoms with Gasteiger partial charge in [0.2, 0.25) is 5.91 Å². The normalized spacial score (nSPS) is 17.9. The van der Waals surface area contributed by atoms with Gasteiger partial charge in [-0.15, -0.1) is 0 Å². The maximum absolute atomic E-state index is 11.8. The number of carboxylic acids is 1. The van der Waals surface area contributed by atoms with E-state index in [1.54, 1.807) is 0 Å². The molecule has 1 saturated carbocycles. The predicted molar refractivity (Wildman–Crippen MR) is 56.8 cm³/mol. The Hall–Kier alpha value is -1.27. The maximum atomic E-state index is 11.8. The number of carboxylic acid groups (broad SMARTS) is 1. The molecule has 1 fully saturated rings. The van der Waals surface area contributed by atoms with Gasteiger partial charge < -0.3 is 10.4 Å². The first-order valence-corrected chi connectivity index (χ1v) is 5.82. The van der Waals surface area contributed by atoms with Crippen molar-refractivity contribution in [3.63, 3.8) is 0 Å². The minimum Gasteiger partial charge on any atom is -0.481 e. The molecule has 1 aliphatic rings. The van der Waals surface area contributed by atoms with E-state index in [1.165, 1.54) is 0 Å². The lowest BCUT2D eigenvalue weighted by molar-refractivity contribution is -0.157. The Balaban J connectivity index is 2.24. The molecule has 0 unspecified atom stereocenters. The van der Waals surface area contributed by atoms with Gasteiger partial charge >= 0.3 is 12.1 Å². The van der Waals surface area contributed by atoms with E-state index >= 15 is 0 Å². The van der Waals surface area contributed by atoms with Crippen LogP contribution >= 0.6 is 0 Å². The van der Waals surface area contributed by atoms with E-state index in [2.05, 4.69) is 5.32 Å². The van der Waals surface area contributed by atoms with E-state index in [9.17, 15) is 22.8 Å². The number of aliphatic carboxylic acids is 1. The Kier molecular flexibility index (Phi) is 4.59. The fourth-order valence-electron chi connectivity index (χ4n) is 1.96. The van der Waals surface area contributed by atoms with Gasteiger partial charge in [-0.3, -0.25) is 9.59 Å². The summed E-state index contributed by atoms with van der Waals surface area (Å²) in [6, 6.07) is 0. The first-order valence-electron chi connectivity index (χ1n) is 5.82. The third kappa shape index (κ3) is 4.19. The van der Waals surface area contributed by atoms with Crippen molar-refractivity contribution in [1.82, 2.24) is 5.32 Å². The zero-order valence-electron chi connectivity index (χ0n) is 9.85. The molecular formula is C11H16F3NO3. The summed E-state index contributed by atoms with van der Waals surface area (Å²) in [5.41, 5.74) is -0.992. The molecule has 0 heterocycles. The van der Waals surface area contributed by atoms with Crippen molar-refractivity contribution in [3.8, 4) is 0 Å². The van der Waals surface area contributed by atoms with Gasteiger partial charge in [0.1, 0.15) is 0 Å². The molecule has 0 radical (unpaired) electrons. The average Bonchev–Trinajstić information content (AvgIpc) is 2.16. The van der Waals surface area contributed by atoms with Crippen LogP contribution in [0.25, 0.3) is 0 Å². The molecule has 1 aliphatic carbocycles. The van der Waals surface area contributed by atoms with E-state index in [1.807, 2.05) is 0 Å². The second-order valence-corrected chi connectivity index (χ2v) is 4.68. The average molecular weight is 267 g/mol. The van der Waals surface area contributed by atoms with Gasteiger partial charge in [0, 0.05) is 19.4 Å². The predicted octanol–water partition coefficient (Wildman–Crippen LogP) is 2.09. The molecule has 0 aromatic carbocycles. The van der Waals surface area contributed by atoms with Crippen LogP contribution in [0.2, 0.25) is 0 Å². The largest absolute Gasteiger partial charge is 0.481 e. The van der Waals surface area contributed by atoms with Crippen molar-refractivity contribution < 1.29 is 27.9 Å². The fraction of sp³-hybridized carbons (Fsp3) is 0.818. The van der Waals surface area contributed by atoms with Crippen molar-refractivity contribution in [2.75, 3.05) is 6.54 Å². The highest BCUT2D eigenvalue weighted by molar-refractivity contribution is 5.85. The molecule has 0 spiro atoms. The molecule has 4 nitrogen and oxygen atoms in total. The summed E-state index contributed by atoms with van der Waals surface area (Å²) in [4.78, 5) is 22.4. The third-order valence-corrected chi connectivity index (χ3v) is 3.22. The van der Waals surface area contributed by atoms with E-state index in [0.29, 0.717) is 12.8 Å². The minimum absolute atomic E-state index is 0.0754. The van der Waals surface area contributed by atoms with Crippen molar-refractivity contribution in [1.29, 1.82) is 0 Å². The Morgan fingerprint density at radius 3 is 2.28 bits per heavy atom. The quantitative estimate of drug-likeness (QED) is 0.724. The molecule has 1 rings (SSSR count). The van der Waals surface area contributed by atoms with Crippen LogP contribution in [-0.4, -0.2) is 29.7 Å². The second kappa shape index (κ2) is 5.58. The third-order valence-electron chi connectivity index (χ3n) is 3.22. The molecule has 104 valence electrons. The minimum atomic E-state index is -4.22. The lowest BCUT2D eigenvalue weighted by Crippen LogP contribution is -2.42. The summed E-state index contributed by atoms with van der Waals surface area (Å²) >= 11 is 0. The standard InChI is InChI=1S/C11H16F3NO3/c12-11(13,14)5-2-6-15-8(16)7-10(9(17)18)3-1-4-10/h1-7H2,(H,15,16)(H,17,18). The van der Waals surface area contributed by atoms with Crippen LogP contribution in [0.4, 0.5) is 13.2 Å². The lowest BCUT2D eigenvalue weighted by atomic mass is 9.66. The smallest absolute Gasteiger partial charge is 0.389 e. The van der Waals surface area contributed by atoms with Crippen molar-refractivity contribution in [2.45, 2.75) is 44.7 Å². The highest BCUT2D eigenvalue weighted by Crippen LogP contribution is 2.44. The van der Waals surface area contributed by atoms with Crippen LogP contribution < -0.4 is 5.32 Å². The monoisotopic (exact) mass is 267 g/mol. The van der Waals surface area contributed by atoms with Crippen LogP contribution in [0.15, 0.2) is 0 Å². The number of alkyl halides is 3. The molecule has 0 aromatic heterocycles. The summed E-state index contributed by atoms with van der Waals surface area (Å²) < 4.78 is 35.5. The number of amides is 1. The summed E-state index contributed by atoms with van der Waals surface area (Å²) in [7, 11) is 0. The Morgan fingerprint density at radius 1 is 1.28 bits per heavy atom. The zero-order chi connectivity index (χ0) is 13.8. The van der Waals surface area contributed by atoms with E-state index in [0.717, 1.165) is 6.42 Å². The van der Waals surface area contributed by atoms with Crippen LogP contribution in [0.3, 0.4) is 0 Å². The lowest BCUT2D eigenvalue weighted by Gasteiger charge is -2.36. The number of nitrogens with one attached hydrogen (secondary N) is 1. The van der Waals surface area contributed by atoms with Gasteiger partial charge in [0.05, 0.1) is 5.41 Å². The number of carbonyl (C=O) groups excluding carboxylic acids is 1. The summed E-state index contributed by atoms with van der Waals surface area (Å²) in [5.74, 6) is -1.49. The molecule has 0 aliphatic heterocycles. The number of hydrogen-bond donors (Lipinski definition) is 2. The van der Waals surface area contributed by atoms with E-state index in [4.69, 9.17) is 5.11 Å². The molecule has 0 atom stereocenters. The maximum Gasteiger partial charge on any atom is 0.389 e. The van der Waals surface area contributed by atoms with E-state index < -0.39 is 29.9 Å². The first kappa shape index (κ1) is 14.8. The number of halogens is 3. The fourth-order valence-corrected chi connectivity index (χ4v) is 1.96. The topological polar surface area (TPSA) is 66.4 Å². The first-order chi connectivity index (χ1) is 8.25. The number of hydrogen-bond acceptors (Lipinski definition) is 2. The van der Waals surface area contributed by atoms with Gasteiger partial charge in [-0.1, -0.05) is 6.42 Å². The SMILES string of the molecule is O=C(CC1(C(=O)O)CCC1)NCCCC(F)(F)F. The van der Waals surface area contributed by atoms with Crippen LogP contribution in [0.1, 0.15) is 38.5 Å². The van der Waals surface area contributed by atoms with Crippen molar-refractivity contribution in [2.24, 2.45) is 5.41 Å². The van der Waals surface area contributed by atoms with Crippen LogP contribution in [0, 0.1) is 5.41 Å². The van der Waals surface area contributed by atoms with Gasteiger partial charge in [-0.25, -0.2) is 0 Å². The highest BCUT2D eigenvalue weighted by atomic mass is 19.4. The van der Waals surface area contributed by atoms with Crippen molar-refractivity contribution in [3.05, 3.63) is 0 Å². The Morgan fingerprint density at radius 2 is 1.89 bits per heavy atom. The number of carbonyl (C=O) groups is 2. The van der Waals surface area contributed by atoms with Crippen molar-refractivity contribution >= 4 is 11.9 Å². The molecular weight excluding hydrogens is 251 g/mol. The summed E-state index contributed by atoms with van der Waals surface area (Å²) in [6.45, 7) is -0.0754. The Bertz CT molecular complexity index is 324. The molecule has 18 heavy (non-hydrogen) atoms. The second-order valence-electron chi connectivity index (χ2n) is 4.68. The zero-order valence-corrected chi connectivity index (χ0v) is 9.85. The highest BCUT2D eigenvalue weighted by Gasteiger charge is 2.45. The molecule has 1 amide bonds. The van der Waals surface area contributed by atoms with Gasteiger partial charge in [0.25, 0.3) is 0 Å². The molecule has 7 heteroatoms.